The lowest BCUT2D eigenvalue weighted by Crippen LogP contribution is -2.10. The Morgan fingerprint density at radius 3 is 2.53 bits per heavy atom. The van der Waals surface area contributed by atoms with Crippen LogP contribution in [0.15, 0.2) is 30.5 Å². The van der Waals surface area contributed by atoms with E-state index in [2.05, 4.69) is 34.3 Å². The van der Waals surface area contributed by atoms with Crippen LogP contribution >= 0.6 is 0 Å². The van der Waals surface area contributed by atoms with Crippen LogP contribution in [-0.2, 0) is 0 Å². The average molecular weight is 256 g/mol. The maximum Gasteiger partial charge on any atom is 0.159 e. The van der Waals surface area contributed by atoms with Gasteiger partial charge in [0.15, 0.2) is 5.82 Å². The molecule has 4 heteroatoms. The molecular formula is C15H20N4. The van der Waals surface area contributed by atoms with Crippen LogP contribution in [0.2, 0.25) is 0 Å². The molecule has 0 saturated carbocycles. The second kappa shape index (κ2) is 6.29. The zero-order valence-corrected chi connectivity index (χ0v) is 11.5. The van der Waals surface area contributed by atoms with Crippen LogP contribution in [0.25, 0.3) is 11.4 Å². The molecular weight excluding hydrogens is 236 g/mol. The first-order chi connectivity index (χ1) is 9.20. The van der Waals surface area contributed by atoms with E-state index in [9.17, 15) is 0 Å². The van der Waals surface area contributed by atoms with E-state index >= 15 is 0 Å². The molecule has 0 saturated heterocycles. The Kier molecular flexibility index (Phi) is 4.47. The quantitative estimate of drug-likeness (QED) is 0.807. The zero-order valence-electron chi connectivity index (χ0n) is 11.5. The Morgan fingerprint density at radius 2 is 1.89 bits per heavy atom. The van der Waals surface area contributed by atoms with Gasteiger partial charge in [-0.15, -0.1) is 0 Å². The second-order valence-corrected chi connectivity index (χ2v) is 4.63. The molecule has 0 aliphatic rings. The highest BCUT2D eigenvalue weighted by Gasteiger charge is 2.04. The Bertz CT molecular complexity index is 534. The minimum Gasteiger partial charge on any atom is -0.382 e. The summed E-state index contributed by atoms with van der Waals surface area (Å²) in [7, 11) is 0. The largest absolute Gasteiger partial charge is 0.382 e. The fourth-order valence-electron chi connectivity index (χ4n) is 1.81. The van der Waals surface area contributed by atoms with Crippen molar-refractivity contribution in [3.63, 3.8) is 0 Å². The summed E-state index contributed by atoms with van der Waals surface area (Å²) in [6, 6.07) is 8.24. The van der Waals surface area contributed by atoms with Gasteiger partial charge in [0, 0.05) is 12.1 Å². The van der Waals surface area contributed by atoms with Crippen LogP contribution in [0.4, 0.5) is 5.69 Å². The minimum absolute atomic E-state index is 0.689. The van der Waals surface area contributed by atoms with Gasteiger partial charge in [0.25, 0.3) is 0 Å². The molecule has 0 amide bonds. The third kappa shape index (κ3) is 3.51. The summed E-state index contributed by atoms with van der Waals surface area (Å²) >= 11 is 0. The molecule has 1 heterocycles. The van der Waals surface area contributed by atoms with Crippen LogP contribution in [0.5, 0.6) is 0 Å². The monoisotopic (exact) mass is 256 g/mol. The van der Waals surface area contributed by atoms with Gasteiger partial charge in [-0.05, 0) is 26.8 Å². The van der Waals surface area contributed by atoms with Crippen molar-refractivity contribution in [3.05, 3.63) is 41.7 Å². The van der Waals surface area contributed by atoms with Crippen molar-refractivity contribution in [2.24, 2.45) is 5.73 Å². The molecule has 19 heavy (non-hydrogen) atoms. The molecule has 100 valence electrons. The van der Waals surface area contributed by atoms with Crippen molar-refractivity contribution in [1.29, 1.82) is 0 Å². The summed E-state index contributed by atoms with van der Waals surface area (Å²) in [6.07, 6.45) is 2.78. The summed E-state index contributed by atoms with van der Waals surface area (Å²) < 4.78 is 0. The molecule has 3 N–H and O–H groups in total. The molecule has 2 aromatic rings. The summed E-state index contributed by atoms with van der Waals surface area (Å²) in [4.78, 5) is 8.96. The first kappa shape index (κ1) is 13.5. The lowest BCUT2D eigenvalue weighted by Gasteiger charge is -2.09. The smallest absolute Gasteiger partial charge is 0.159 e. The molecule has 2 rings (SSSR count). The van der Waals surface area contributed by atoms with Crippen molar-refractivity contribution in [1.82, 2.24) is 9.97 Å². The molecule has 0 radical (unpaired) electrons. The van der Waals surface area contributed by atoms with Crippen LogP contribution in [-0.4, -0.2) is 23.1 Å². The number of anilines is 1. The van der Waals surface area contributed by atoms with Crippen molar-refractivity contribution in [2.45, 2.75) is 20.3 Å². The lowest BCUT2D eigenvalue weighted by molar-refractivity contribution is 0.870. The van der Waals surface area contributed by atoms with Crippen molar-refractivity contribution < 1.29 is 0 Å². The first-order valence-electron chi connectivity index (χ1n) is 6.55. The number of nitrogens with zero attached hydrogens (tertiary/aromatic N) is 2. The molecule has 0 spiro atoms. The van der Waals surface area contributed by atoms with Gasteiger partial charge in [0.2, 0.25) is 0 Å². The second-order valence-electron chi connectivity index (χ2n) is 4.63. The molecule has 1 aromatic carbocycles. The number of rotatable bonds is 5. The highest BCUT2D eigenvalue weighted by Crippen LogP contribution is 2.19. The first-order valence-corrected chi connectivity index (χ1v) is 6.55. The van der Waals surface area contributed by atoms with Crippen molar-refractivity contribution in [3.8, 4) is 11.4 Å². The van der Waals surface area contributed by atoms with Crippen molar-refractivity contribution >= 4 is 5.69 Å². The number of aromatic nitrogens is 2. The van der Waals surface area contributed by atoms with E-state index in [0.29, 0.717) is 6.54 Å². The van der Waals surface area contributed by atoms with Gasteiger partial charge < -0.3 is 11.1 Å². The highest BCUT2D eigenvalue weighted by atomic mass is 15.0. The maximum absolute atomic E-state index is 5.47. The standard InChI is InChI=1S/C15H20N4/c1-11-4-6-13(7-5-11)15-18-10-14(12(2)19-15)17-9-3-8-16/h4-7,10,17H,3,8-9,16H2,1-2H3. The minimum atomic E-state index is 0.689. The molecule has 0 aliphatic carbocycles. The normalized spacial score (nSPS) is 10.5. The number of aryl methyl sites for hydroxylation is 2. The number of hydrogen-bond donors (Lipinski definition) is 2. The van der Waals surface area contributed by atoms with E-state index in [1.54, 1.807) is 0 Å². The van der Waals surface area contributed by atoms with Gasteiger partial charge in [0.05, 0.1) is 17.6 Å². The van der Waals surface area contributed by atoms with Crippen molar-refractivity contribution in [2.75, 3.05) is 18.4 Å². The van der Waals surface area contributed by atoms with E-state index in [-0.39, 0.29) is 0 Å². The van der Waals surface area contributed by atoms with Crippen LogP contribution in [0.3, 0.4) is 0 Å². The van der Waals surface area contributed by atoms with Gasteiger partial charge in [-0.1, -0.05) is 29.8 Å². The topological polar surface area (TPSA) is 63.8 Å². The Morgan fingerprint density at radius 1 is 1.16 bits per heavy atom. The third-order valence-electron chi connectivity index (χ3n) is 2.99. The summed E-state index contributed by atoms with van der Waals surface area (Å²) in [5.74, 6) is 0.766. The van der Waals surface area contributed by atoms with Gasteiger partial charge in [0.1, 0.15) is 0 Å². The van der Waals surface area contributed by atoms with Crippen LogP contribution < -0.4 is 11.1 Å². The van der Waals surface area contributed by atoms with E-state index in [1.165, 1.54) is 5.56 Å². The summed E-state index contributed by atoms with van der Waals surface area (Å²) in [5.41, 5.74) is 9.69. The number of nitrogens with two attached hydrogens (primary N) is 1. The fraction of sp³-hybridized carbons (Fsp3) is 0.333. The van der Waals surface area contributed by atoms with E-state index < -0.39 is 0 Å². The highest BCUT2D eigenvalue weighted by molar-refractivity contribution is 5.58. The third-order valence-corrected chi connectivity index (χ3v) is 2.99. The Hall–Kier alpha value is -1.94. The Balaban J connectivity index is 2.16. The van der Waals surface area contributed by atoms with Gasteiger partial charge in [-0.2, -0.15) is 0 Å². The molecule has 1 aromatic heterocycles. The zero-order chi connectivity index (χ0) is 13.7. The number of benzene rings is 1. The molecule has 0 unspecified atom stereocenters. The number of hydrogen-bond acceptors (Lipinski definition) is 4. The molecule has 0 aliphatic heterocycles. The van der Waals surface area contributed by atoms with E-state index in [1.807, 2.05) is 25.3 Å². The van der Waals surface area contributed by atoms with Gasteiger partial charge in [-0.25, -0.2) is 9.97 Å². The van der Waals surface area contributed by atoms with Gasteiger partial charge >= 0.3 is 0 Å². The molecule has 0 atom stereocenters. The predicted molar refractivity (Wildman–Crippen MR) is 79.1 cm³/mol. The summed E-state index contributed by atoms with van der Waals surface area (Å²) in [5, 5.41) is 3.30. The number of nitrogens with one attached hydrogen (secondary N) is 1. The van der Waals surface area contributed by atoms with Crippen LogP contribution in [0, 0.1) is 13.8 Å². The van der Waals surface area contributed by atoms with E-state index in [4.69, 9.17) is 5.73 Å². The van der Waals surface area contributed by atoms with E-state index in [0.717, 1.165) is 35.7 Å². The Labute approximate surface area is 114 Å². The summed E-state index contributed by atoms with van der Waals surface area (Å²) in [6.45, 7) is 5.60. The van der Waals surface area contributed by atoms with Crippen LogP contribution in [0.1, 0.15) is 17.7 Å². The molecule has 0 fully saturated rings. The predicted octanol–water partition coefficient (Wildman–Crippen LogP) is 2.52. The lowest BCUT2D eigenvalue weighted by atomic mass is 10.1. The molecule has 4 nitrogen and oxygen atoms in total. The maximum atomic E-state index is 5.47. The van der Waals surface area contributed by atoms with Gasteiger partial charge in [-0.3, -0.25) is 0 Å². The fourth-order valence-corrected chi connectivity index (χ4v) is 1.81. The SMILES string of the molecule is Cc1ccc(-c2ncc(NCCCN)c(C)n2)cc1. The average Bonchev–Trinajstić information content (AvgIpc) is 2.42. The molecule has 0 bridgehead atoms.